The number of hydrogen-bond donors (Lipinski definition) is 0. The van der Waals surface area contributed by atoms with Gasteiger partial charge in [-0.2, -0.15) is 0 Å². The molecule has 0 aromatic rings. The molecular formula is H5Br2CaCl. The van der Waals surface area contributed by atoms with Gasteiger partial charge in [0.15, 0.2) is 0 Å². The molecule has 4 heteroatoms. The Kier molecular flexibility index (Phi) is 140. The molecule has 0 aromatic carbocycles. The van der Waals surface area contributed by atoms with Gasteiger partial charge in [-0.15, -0.1) is 46.4 Å². The summed E-state index contributed by atoms with van der Waals surface area (Å²) in [6, 6.07) is 0. The second-order valence-electron chi connectivity index (χ2n) is 0. The first-order chi connectivity index (χ1) is 0. The van der Waals surface area contributed by atoms with E-state index in [2.05, 4.69) is 0 Å². The monoisotopic (exact) mass is 238 g/mol. The van der Waals surface area contributed by atoms with Gasteiger partial charge in [0.1, 0.15) is 0 Å². The first-order valence-electron chi connectivity index (χ1n) is 0. The van der Waals surface area contributed by atoms with E-state index in [1.54, 1.807) is 0 Å². The molecule has 0 unspecified atom stereocenters. The van der Waals surface area contributed by atoms with Crippen molar-refractivity contribution >= 4 is 84.1 Å². The van der Waals surface area contributed by atoms with E-state index in [0.717, 1.165) is 0 Å². The van der Waals surface area contributed by atoms with E-state index in [-0.39, 0.29) is 87.0 Å². The van der Waals surface area contributed by atoms with Gasteiger partial charge in [-0.25, -0.2) is 0 Å². The quantitative estimate of drug-likeness (QED) is 0.562. The van der Waals surface area contributed by atoms with E-state index in [4.69, 9.17) is 0 Å². The minimum atomic E-state index is 0. The molecule has 0 aliphatic rings. The van der Waals surface area contributed by atoms with Crippen molar-refractivity contribution in [3.63, 3.8) is 0 Å². The summed E-state index contributed by atoms with van der Waals surface area (Å²) < 4.78 is 0. The van der Waals surface area contributed by atoms with Gasteiger partial charge in [-0.3, -0.25) is 0 Å². The van der Waals surface area contributed by atoms with Crippen molar-refractivity contribution in [2.24, 2.45) is 0 Å². The van der Waals surface area contributed by atoms with Gasteiger partial charge < -0.3 is 2.85 Å². The minimum Gasteiger partial charge on any atom is -1.00 e. The summed E-state index contributed by atoms with van der Waals surface area (Å²) in [5, 5.41) is 0. The maximum Gasteiger partial charge on any atom is 2.00 e. The standard InChI is InChI=1S/2BrH.Ca.ClH.2H/h2*1H;;1H;;/q;;+2;;2*-1. The van der Waals surface area contributed by atoms with Gasteiger partial charge in [0.2, 0.25) is 0 Å². The molecule has 4 heavy (non-hydrogen) atoms. The molecule has 0 N–H and O–H groups in total. The first kappa shape index (κ1) is 31.4. The first-order valence-corrected chi connectivity index (χ1v) is 0. The van der Waals surface area contributed by atoms with Crippen LogP contribution in [-0.2, 0) is 0 Å². The average Bonchev–Trinajstić information content (AvgIpc) is 0. The van der Waals surface area contributed by atoms with Crippen LogP contribution >= 0.6 is 46.4 Å². The van der Waals surface area contributed by atoms with E-state index in [1.165, 1.54) is 0 Å². The van der Waals surface area contributed by atoms with E-state index in [9.17, 15) is 0 Å². The molecule has 0 rings (SSSR count). The molecule has 0 heterocycles. The molecule has 0 bridgehead atoms. The summed E-state index contributed by atoms with van der Waals surface area (Å²) in [5.41, 5.74) is 0. The molecule has 28 valence electrons. The molecule has 0 amide bonds. The van der Waals surface area contributed by atoms with Crippen molar-refractivity contribution in [3.8, 4) is 0 Å². The van der Waals surface area contributed by atoms with Gasteiger partial charge in [0, 0.05) is 0 Å². The zero-order valence-electron chi connectivity index (χ0n) is 3.93. The van der Waals surface area contributed by atoms with Crippen LogP contribution in [0.1, 0.15) is 2.85 Å². The maximum atomic E-state index is 0. The van der Waals surface area contributed by atoms with E-state index in [0.29, 0.717) is 0 Å². The van der Waals surface area contributed by atoms with Crippen LogP contribution in [0.4, 0.5) is 0 Å². The maximum absolute atomic E-state index is 0. The molecule has 0 aromatic heterocycles. The van der Waals surface area contributed by atoms with Gasteiger partial charge >= 0.3 is 37.7 Å². The molecule has 0 nitrogen and oxygen atoms in total. The summed E-state index contributed by atoms with van der Waals surface area (Å²) in [6.07, 6.45) is 0. The van der Waals surface area contributed by atoms with E-state index >= 15 is 0 Å². The van der Waals surface area contributed by atoms with Crippen molar-refractivity contribution in [2.45, 2.75) is 0 Å². The van der Waals surface area contributed by atoms with E-state index in [1.807, 2.05) is 0 Å². The Labute approximate surface area is 85.6 Å². The fraction of sp³-hybridized carbons (Fsp3) is 0. The van der Waals surface area contributed by atoms with E-state index < -0.39 is 0 Å². The molecule has 0 radical (unpaired) electrons. The fourth-order valence-corrected chi connectivity index (χ4v) is 0. The normalized spacial score (nSPS) is 0. The fourth-order valence-electron chi connectivity index (χ4n) is 0. The largest absolute Gasteiger partial charge is 2.00 e. The Morgan fingerprint density at radius 2 is 1.00 bits per heavy atom. The summed E-state index contributed by atoms with van der Waals surface area (Å²) in [6.45, 7) is 0. The number of hydrogen-bond acceptors (Lipinski definition) is 0. The molecule has 0 spiro atoms. The summed E-state index contributed by atoms with van der Waals surface area (Å²) in [5.74, 6) is 0. The Morgan fingerprint density at radius 1 is 1.00 bits per heavy atom. The molecule has 0 fully saturated rings. The zero-order chi connectivity index (χ0) is 0. The number of halogens is 3. The summed E-state index contributed by atoms with van der Waals surface area (Å²) in [7, 11) is 0. The van der Waals surface area contributed by atoms with Gasteiger partial charge in [-0.1, -0.05) is 0 Å². The summed E-state index contributed by atoms with van der Waals surface area (Å²) >= 11 is 0. The Balaban J connectivity index is 0. The Morgan fingerprint density at radius 3 is 1.00 bits per heavy atom. The van der Waals surface area contributed by atoms with Crippen molar-refractivity contribution < 1.29 is 2.85 Å². The molecule has 0 atom stereocenters. The van der Waals surface area contributed by atoms with Crippen LogP contribution < -0.4 is 0 Å². The van der Waals surface area contributed by atoms with Crippen LogP contribution in [-0.4, -0.2) is 37.7 Å². The molecular weight excluding hydrogens is 235 g/mol. The molecule has 0 aliphatic heterocycles. The SMILES string of the molecule is Br.Br.Cl.[Ca+2].[H-].[H-]. The second-order valence-corrected chi connectivity index (χ2v) is 0. The Bertz CT molecular complexity index is 11.5. The third-order valence-corrected chi connectivity index (χ3v) is 0. The molecule has 0 saturated heterocycles. The minimum absolute atomic E-state index is 0. The predicted molar refractivity (Wildman–Crippen MR) is 35.9 cm³/mol. The smallest absolute Gasteiger partial charge is 1.00 e. The zero-order valence-corrected chi connectivity index (χ0v) is 8.38. The van der Waals surface area contributed by atoms with Gasteiger partial charge in [0.05, 0.1) is 0 Å². The van der Waals surface area contributed by atoms with Crippen molar-refractivity contribution in [3.05, 3.63) is 0 Å². The number of rotatable bonds is 0. The van der Waals surface area contributed by atoms with Crippen LogP contribution in [0.3, 0.4) is 0 Å². The van der Waals surface area contributed by atoms with Crippen LogP contribution in [0.2, 0.25) is 0 Å². The topological polar surface area (TPSA) is 0 Å². The third kappa shape index (κ3) is 8.82. The van der Waals surface area contributed by atoms with Gasteiger partial charge in [-0.05, 0) is 0 Å². The van der Waals surface area contributed by atoms with Crippen LogP contribution in [0.5, 0.6) is 0 Å². The predicted octanol–water partition coefficient (Wildman–Crippen LogP) is 1.42. The summed E-state index contributed by atoms with van der Waals surface area (Å²) in [4.78, 5) is 0. The molecule has 0 aliphatic carbocycles. The van der Waals surface area contributed by atoms with Crippen molar-refractivity contribution in [2.75, 3.05) is 0 Å². The van der Waals surface area contributed by atoms with Gasteiger partial charge in [0.25, 0.3) is 0 Å². The third-order valence-electron chi connectivity index (χ3n) is 0. The van der Waals surface area contributed by atoms with Crippen molar-refractivity contribution in [1.82, 2.24) is 0 Å². The molecule has 0 saturated carbocycles. The average molecular weight is 240 g/mol. The van der Waals surface area contributed by atoms with Crippen LogP contribution in [0.15, 0.2) is 0 Å². The Hall–Kier alpha value is 2.51. The van der Waals surface area contributed by atoms with Crippen LogP contribution in [0.25, 0.3) is 0 Å². The van der Waals surface area contributed by atoms with Crippen LogP contribution in [0, 0.1) is 0 Å². The van der Waals surface area contributed by atoms with Crippen molar-refractivity contribution in [1.29, 1.82) is 0 Å². The second kappa shape index (κ2) is 17.8.